The predicted octanol–water partition coefficient (Wildman–Crippen LogP) is 2.19. The summed E-state index contributed by atoms with van der Waals surface area (Å²) in [6.45, 7) is 2.36. The van der Waals surface area contributed by atoms with E-state index in [0.29, 0.717) is 6.61 Å². The summed E-state index contributed by atoms with van der Waals surface area (Å²) in [5, 5.41) is 3.68. The normalized spacial score (nSPS) is 16.6. The predicted molar refractivity (Wildman–Crippen MR) is 78.6 cm³/mol. The average molecular weight is 312 g/mol. The van der Waals surface area contributed by atoms with E-state index in [9.17, 15) is 0 Å². The molecule has 3 rings (SSSR count). The Bertz CT molecular complexity index is 523. The van der Waals surface area contributed by atoms with Gasteiger partial charge in [0.15, 0.2) is 5.82 Å². The number of rotatable bonds is 5. The molecule has 2 aromatic heterocycles. The van der Waals surface area contributed by atoms with Crippen LogP contribution in [0.15, 0.2) is 11.6 Å². The second kappa shape index (κ2) is 6.47. The van der Waals surface area contributed by atoms with Gasteiger partial charge in [0.05, 0.1) is 0 Å². The molecule has 0 spiro atoms. The molecule has 0 aromatic carbocycles. The van der Waals surface area contributed by atoms with Crippen molar-refractivity contribution in [3.8, 4) is 5.19 Å². The van der Waals surface area contributed by atoms with Gasteiger partial charge in [0.2, 0.25) is 5.13 Å². The molecule has 0 unspecified atom stereocenters. The lowest BCUT2D eigenvalue weighted by Crippen LogP contribution is -2.38. The van der Waals surface area contributed by atoms with Crippen molar-refractivity contribution in [3.05, 3.63) is 17.4 Å². The summed E-state index contributed by atoms with van der Waals surface area (Å²) in [5.74, 6) is 0.758. The van der Waals surface area contributed by atoms with Gasteiger partial charge in [0.25, 0.3) is 5.19 Å². The smallest absolute Gasteiger partial charge is 0.273 e. The summed E-state index contributed by atoms with van der Waals surface area (Å²) in [4.78, 5) is 10.9. The van der Waals surface area contributed by atoms with Gasteiger partial charge in [-0.2, -0.15) is 4.37 Å². The van der Waals surface area contributed by atoms with Gasteiger partial charge in [-0.05, 0) is 0 Å². The highest BCUT2D eigenvalue weighted by molar-refractivity contribution is 7.11. The molecule has 3 heterocycles. The van der Waals surface area contributed by atoms with Crippen LogP contribution in [-0.4, -0.2) is 40.6 Å². The van der Waals surface area contributed by atoms with Crippen LogP contribution in [0, 0.1) is 0 Å². The number of nitrogens with zero attached hydrogens (tertiary/aromatic N) is 4. The van der Waals surface area contributed by atoms with Gasteiger partial charge in [0.1, 0.15) is 12.7 Å². The van der Waals surface area contributed by atoms with E-state index in [1.54, 1.807) is 24.6 Å². The van der Waals surface area contributed by atoms with Gasteiger partial charge < -0.3 is 14.4 Å². The zero-order valence-electron chi connectivity index (χ0n) is 11.2. The molecule has 0 saturated carbocycles. The number of aromatic nitrogens is 3. The Kier molecular flexibility index (Phi) is 4.44. The second-order valence-corrected chi connectivity index (χ2v) is 6.12. The molecule has 0 amide bonds. The van der Waals surface area contributed by atoms with Crippen molar-refractivity contribution in [2.75, 3.05) is 25.1 Å². The van der Waals surface area contributed by atoms with E-state index >= 15 is 0 Å². The van der Waals surface area contributed by atoms with Crippen LogP contribution >= 0.6 is 22.9 Å². The first-order chi connectivity index (χ1) is 9.85. The number of thiazole rings is 1. The quantitative estimate of drug-likeness (QED) is 0.843. The molecule has 1 fully saturated rings. The molecule has 2 aromatic rings. The van der Waals surface area contributed by atoms with E-state index in [-0.39, 0.29) is 6.10 Å². The first-order valence-electron chi connectivity index (χ1n) is 6.48. The molecule has 6 nitrogen and oxygen atoms in total. The molecule has 0 N–H and O–H groups in total. The van der Waals surface area contributed by atoms with Crippen molar-refractivity contribution < 1.29 is 9.47 Å². The molecule has 1 aliphatic heterocycles. The van der Waals surface area contributed by atoms with Crippen LogP contribution in [0.3, 0.4) is 0 Å². The second-order valence-electron chi connectivity index (χ2n) is 4.53. The van der Waals surface area contributed by atoms with Crippen LogP contribution in [0.2, 0.25) is 0 Å². The fraction of sp³-hybridized carbons (Fsp3) is 0.583. The maximum atomic E-state index is 5.85. The van der Waals surface area contributed by atoms with Gasteiger partial charge in [-0.15, -0.1) is 0 Å². The van der Waals surface area contributed by atoms with Crippen LogP contribution in [0.1, 0.15) is 18.7 Å². The molecule has 1 saturated heterocycles. The molecule has 0 atom stereocenters. The van der Waals surface area contributed by atoms with E-state index in [4.69, 9.17) is 9.47 Å². The van der Waals surface area contributed by atoms with Gasteiger partial charge in [-0.25, -0.2) is 9.97 Å². The van der Waals surface area contributed by atoms with Crippen molar-refractivity contribution >= 4 is 28.0 Å². The first kappa shape index (κ1) is 13.7. The van der Waals surface area contributed by atoms with Crippen molar-refractivity contribution in [3.63, 3.8) is 0 Å². The summed E-state index contributed by atoms with van der Waals surface area (Å²) in [6, 6.07) is 0. The molecule has 0 radical (unpaired) electrons. The van der Waals surface area contributed by atoms with Crippen LogP contribution < -0.4 is 9.64 Å². The SMILES string of the molecule is COCc1nsc(N2CCC(Oc3nccs3)CC2)n1. The first-order valence-corrected chi connectivity index (χ1v) is 8.13. The number of anilines is 1. The highest BCUT2D eigenvalue weighted by Crippen LogP contribution is 2.25. The monoisotopic (exact) mass is 312 g/mol. The highest BCUT2D eigenvalue weighted by atomic mass is 32.1. The Morgan fingerprint density at radius 2 is 2.25 bits per heavy atom. The van der Waals surface area contributed by atoms with Crippen molar-refractivity contribution in [2.24, 2.45) is 0 Å². The lowest BCUT2D eigenvalue weighted by molar-refractivity contribution is 0.170. The average Bonchev–Trinajstić information content (AvgIpc) is 3.12. The topological polar surface area (TPSA) is 60.4 Å². The molecule has 20 heavy (non-hydrogen) atoms. The van der Waals surface area contributed by atoms with E-state index in [1.165, 1.54) is 11.5 Å². The van der Waals surface area contributed by atoms with Crippen LogP contribution in [0.25, 0.3) is 0 Å². The van der Waals surface area contributed by atoms with E-state index in [1.807, 2.05) is 5.38 Å². The minimum Gasteiger partial charge on any atom is -0.467 e. The zero-order chi connectivity index (χ0) is 13.8. The minimum atomic E-state index is 0.253. The van der Waals surface area contributed by atoms with Crippen molar-refractivity contribution in [1.29, 1.82) is 0 Å². The molecule has 0 aliphatic carbocycles. The molecule has 8 heteroatoms. The number of ether oxygens (including phenoxy) is 2. The van der Waals surface area contributed by atoms with E-state index in [2.05, 4.69) is 19.2 Å². The molecule has 0 bridgehead atoms. The summed E-state index contributed by atoms with van der Waals surface area (Å²) >= 11 is 2.98. The molecular formula is C12H16N4O2S2. The van der Waals surface area contributed by atoms with Crippen molar-refractivity contribution in [1.82, 2.24) is 14.3 Å². The van der Waals surface area contributed by atoms with Crippen LogP contribution in [0.5, 0.6) is 5.19 Å². The Hall–Kier alpha value is -1.25. The number of hydrogen-bond acceptors (Lipinski definition) is 8. The van der Waals surface area contributed by atoms with Gasteiger partial charge >= 0.3 is 0 Å². The third kappa shape index (κ3) is 3.25. The maximum absolute atomic E-state index is 5.85. The largest absolute Gasteiger partial charge is 0.467 e. The van der Waals surface area contributed by atoms with Gasteiger partial charge in [-0.1, -0.05) is 11.3 Å². The zero-order valence-corrected chi connectivity index (χ0v) is 12.8. The van der Waals surface area contributed by atoms with Crippen molar-refractivity contribution in [2.45, 2.75) is 25.6 Å². The van der Waals surface area contributed by atoms with Gasteiger partial charge in [-0.3, -0.25) is 0 Å². The van der Waals surface area contributed by atoms with Crippen LogP contribution in [-0.2, 0) is 11.3 Å². The molecule has 108 valence electrons. The number of piperidine rings is 1. The lowest BCUT2D eigenvalue weighted by Gasteiger charge is -2.30. The standard InChI is InChI=1S/C12H16N4O2S2/c1-17-8-10-14-11(20-15-10)16-5-2-9(3-6-16)18-12-13-4-7-19-12/h4,7,9H,2-3,5-6,8H2,1H3. The Morgan fingerprint density at radius 3 is 2.95 bits per heavy atom. The maximum Gasteiger partial charge on any atom is 0.273 e. The van der Waals surface area contributed by atoms with Gasteiger partial charge in [0, 0.05) is 56.2 Å². The van der Waals surface area contributed by atoms with Crippen LogP contribution in [0.4, 0.5) is 5.13 Å². The third-order valence-electron chi connectivity index (χ3n) is 3.12. The number of methoxy groups -OCH3 is 1. The highest BCUT2D eigenvalue weighted by Gasteiger charge is 2.23. The fourth-order valence-corrected chi connectivity index (χ4v) is 3.41. The Balaban J connectivity index is 1.52. The third-order valence-corrected chi connectivity index (χ3v) is 4.60. The summed E-state index contributed by atoms with van der Waals surface area (Å²) in [5.41, 5.74) is 0. The number of hydrogen-bond donors (Lipinski definition) is 0. The minimum absolute atomic E-state index is 0.253. The van der Waals surface area contributed by atoms with E-state index in [0.717, 1.165) is 42.1 Å². The lowest BCUT2D eigenvalue weighted by atomic mass is 10.1. The summed E-state index contributed by atoms with van der Waals surface area (Å²) in [7, 11) is 1.65. The Labute approximate surface area is 125 Å². The summed E-state index contributed by atoms with van der Waals surface area (Å²) in [6.07, 6.45) is 3.99. The van der Waals surface area contributed by atoms with E-state index < -0.39 is 0 Å². The molecule has 1 aliphatic rings. The fourth-order valence-electron chi connectivity index (χ4n) is 2.14. The Morgan fingerprint density at radius 1 is 1.40 bits per heavy atom. The molecular weight excluding hydrogens is 296 g/mol. The summed E-state index contributed by atoms with van der Waals surface area (Å²) < 4.78 is 15.2.